The summed E-state index contributed by atoms with van der Waals surface area (Å²) in [5.41, 5.74) is 8.62. The average Bonchev–Trinajstić information content (AvgIpc) is 2.38. The van der Waals surface area contributed by atoms with Crippen molar-refractivity contribution in [2.45, 2.75) is 0 Å². The Hall–Kier alpha value is -1.30. The van der Waals surface area contributed by atoms with Gasteiger partial charge in [-0.1, -0.05) is 0 Å². The predicted octanol–water partition coefficient (Wildman–Crippen LogP) is 0.0276. The molecule has 2 saturated heterocycles. The molecular formula is C9H16N5O2+. The monoisotopic (exact) mass is 226 g/mol. The van der Waals surface area contributed by atoms with Crippen molar-refractivity contribution in [1.82, 2.24) is 4.90 Å². The van der Waals surface area contributed by atoms with Gasteiger partial charge in [-0.25, -0.2) is 0 Å². The van der Waals surface area contributed by atoms with E-state index in [0.717, 1.165) is 26.2 Å². The molecule has 7 heteroatoms. The van der Waals surface area contributed by atoms with E-state index in [9.17, 15) is 0 Å². The average molecular weight is 226 g/mol. The number of nitrogens with zero attached hydrogens (tertiary/aromatic N) is 5. The Bertz CT molecular complexity index is 310. The van der Waals surface area contributed by atoms with Crippen molar-refractivity contribution in [3.05, 3.63) is 10.4 Å². The van der Waals surface area contributed by atoms with E-state index in [-0.39, 0.29) is 0 Å². The van der Waals surface area contributed by atoms with Crippen molar-refractivity contribution in [3.8, 4) is 0 Å². The number of rotatable bonds is 0. The van der Waals surface area contributed by atoms with Crippen LogP contribution in [0.1, 0.15) is 0 Å². The molecule has 0 amide bonds. The molecule has 2 heterocycles. The van der Waals surface area contributed by atoms with Gasteiger partial charge in [-0.2, -0.15) is 0 Å². The Kier molecular flexibility index (Phi) is 3.98. The summed E-state index contributed by atoms with van der Waals surface area (Å²) in [7, 11) is 0. The fraction of sp³-hybridized carbons (Fsp3) is 0.889. The fourth-order valence-corrected chi connectivity index (χ4v) is 1.89. The lowest BCUT2D eigenvalue weighted by molar-refractivity contribution is -0.554. The highest BCUT2D eigenvalue weighted by molar-refractivity contribution is 5.76. The predicted molar refractivity (Wildman–Crippen MR) is 57.4 cm³/mol. The van der Waals surface area contributed by atoms with Crippen LogP contribution in [0.2, 0.25) is 0 Å². The smallest absolute Gasteiger partial charge is 0.375 e. The Morgan fingerprint density at radius 3 is 2.38 bits per heavy atom. The van der Waals surface area contributed by atoms with Crippen LogP contribution in [0.15, 0.2) is 5.11 Å². The SMILES string of the molecule is [N-]=[N+]=NC(N1CCOCC1)=[N+]1CCOCC1. The van der Waals surface area contributed by atoms with Crippen molar-refractivity contribution < 1.29 is 14.0 Å². The van der Waals surface area contributed by atoms with Crippen LogP contribution < -0.4 is 0 Å². The zero-order valence-corrected chi connectivity index (χ0v) is 9.21. The first-order chi connectivity index (χ1) is 7.92. The molecule has 0 atom stereocenters. The van der Waals surface area contributed by atoms with Gasteiger partial charge in [0.05, 0.1) is 52.6 Å². The zero-order chi connectivity index (χ0) is 11.2. The zero-order valence-electron chi connectivity index (χ0n) is 9.21. The van der Waals surface area contributed by atoms with Gasteiger partial charge in [-0.15, -0.1) is 0 Å². The maximum Gasteiger partial charge on any atom is 0.476 e. The number of hydrogen-bond donors (Lipinski definition) is 0. The summed E-state index contributed by atoms with van der Waals surface area (Å²) < 4.78 is 12.6. The van der Waals surface area contributed by atoms with Gasteiger partial charge in [0.2, 0.25) is 4.91 Å². The van der Waals surface area contributed by atoms with Crippen LogP contribution in [0.25, 0.3) is 10.4 Å². The minimum absolute atomic E-state index is 0.689. The molecule has 2 rings (SSSR count). The van der Waals surface area contributed by atoms with Gasteiger partial charge >= 0.3 is 11.1 Å². The topological polar surface area (TPSA) is 73.5 Å². The summed E-state index contributed by atoms with van der Waals surface area (Å²) in [4.78, 5) is 4.99. The van der Waals surface area contributed by atoms with E-state index in [1.54, 1.807) is 0 Å². The largest absolute Gasteiger partial charge is 0.476 e. The van der Waals surface area contributed by atoms with Gasteiger partial charge in [-0.05, 0) is 0 Å². The summed E-state index contributed by atoms with van der Waals surface area (Å²) in [6.07, 6.45) is 0. The maximum absolute atomic E-state index is 8.62. The van der Waals surface area contributed by atoms with Gasteiger partial charge in [-0.3, -0.25) is 9.48 Å². The van der Waals surface area contributed by atoms with Crippen molar-refractivity contribution in [3.63, 3.8) is 0 Å². The van der Waals surface area contributed by atoms with Gasteiger partial charge in [0.25, 0.3) is 0 Å². The third-order valence-corrected chi connectivity index (χ3v) is 2.72. The minimum Gasteiger partial charge on any atom is -0.375 e. The van der Waals surface area contributed by atoms with Gasteiger partial charge in [0.15, 0.2) is 0 Å². The highest BCUT2D eigenvalue weighted by Gasteiger charge is 2.30. The number of ether oxygens (including phenoxy) is 2. The van der Waals surface area contributed by atoms with Crippen molar-refractivity contribution in [1.29, 1.82) is 0 Å². The summed E-state index contributed by atoms with van der Waals surface area (Å²) in [6, 6.07) is 0. The van der Waals surface area contributed by atoms with E-state index >= 15 is 0 Å². The Labute approximate surface area is 93.9 Å². The molecule has 0 aliphatic carbocycles. The number of morpholine rings is 2. The minimum atomic E-state index is 0.689. The van der Waals surface area contributed by atoms with Crippen LogP contribution in [0.5, 0.6) is 0 Å². The second-order valence-corrected chi connectivity index (χ2v) is 3.69. The van der Waals surface area contributed by atoms with E-state index in [0.29, 0.717) is 32.4 Å². The fourth-order valence-electron chi connectivity index (χ4n) is 1.89. The van der Waals surface area contributed by atoms with E-state index in [1.165, 1.54) is 0 Å². The van der Waals surface area contributed by atoms with Crippen LogP contribution in [-0.4, -0.2) is 68.0 Å². The summed E-state index contributed by atoms with van der Waals surface area (Å²) >= 11 is 0. The van der Waals surface area contributed by atoms with Crippen LogP contribution in [-0.2, 0) is 9.47 Å². The molecule has 0 aromatic carbocycles. The molecule has 7 nitrogen and oxygen atoms in total. The molecule has 0 unspecified atom stereocenters. The Morgan fingerprint density at radius 1 is 1.12 bits per heavy atom. The molecule has 0 bridgehead atoms. The lowest BCUT2D eigenvalue weighted by Crippen LogP contribution is -2.46. The molecule has 0 radical (unpaired) electrons. The van der Waals surface area contributed by atoms with Crippen molar-refractivity contribution in [2.24, 2.45) is 5.11 Å². The number of guanidine groups is 1. The quantitative estimate of drug-likeness (QED) is 0.192. The van der Waals surface area contributed by atoms with E-state index in [4.69, 9.17) is 15.0 Å². The Morgan fingerprint density at radius 2 is 1.75 bits per heavy atom. The second-order valence-electron chi connectivity index (χ2n) is 3.69. The van der Waals surface area contributed by atoms with Crippen LogP contribution in [0.3, 0.4) is 0 Å². The van der Waals surface area contributed by atoms with E-state index in [1.807, 2.05) is 0 Å². The molecule has 2 aliphatic heterocycles. The number of hydrogen-bond acceptors (Lipinski definition) is 2. The standard InChI is InChI=1S/C9H16N5O2/c10-12-11-9(13-1-5-15-6-2-13)14-3-7-16-8-4-14/h1-8H2/q+1. The third kappa shape index (κ3) is 2.63. The molecule has 0 spiro atoms. The van der Waals surface area contributed by atoms with Crippen LogP contribution >= 0.6 is 0 Å². The lowest BCUT2D eigenvalue weighted by Gasteiger charge is -2.23. The highest BCUT2D eigenvalue weighted by atomic mass is 16.5. The lowest BCUT2D eigenvalue weighted by atomic mass is 10.4. The van der Waals surface area contributed by atoms with E-state index < -0.39 is 0 Å². The highest BCUT2D eigenvalue weighted by Crippen LogP contribution is 2.02. The molecule has 16 heavy (non-hydrogen) atoms. The second kappa shape index (κ2) is 5.69. The summed E-state index contributed by atoms with van der Waals surface area (Å²) in [6.45, 7) is 5.89. The van der Waals surface area contributed by atoms with Crippen LogP contribution in [0, 0.1) is 0 Å². The maximum atomic E-state index is 8.62. The Balaban J connectivity index is 2.16. The molecule has 0 N–H and O–H groups in total. The van der Waals surface area contributed by atoms with E-state index in [2.05, 4.69) is 19.5 Å². The van der Waals surface area contributed by atoms with Crippen molar-refractivity contribution >= 4 is 5.96 Å². The van der Waals surface area contributed by atoms with Crippen molar-refractivity contribution in [2.75, 3.05) is 52.6 Å². The molecular weight excluding hydrogens is 210 g/mol. The molecule has 88 valence electrons. The first-order valence-corrected chi connectivity index (χ1v) is 5.49. The first-order valence-electron chi connectivity index (χ1n) is 5.49. The molecule has 2 aliphatic rings. The van der Waals surface area contributed by atoms with Gasteiger partial charge < -0.3 is 9.47 Å². The third-order valence-electron chi connectivity index (χ3n) is 2.72. The number of azide groups is 1. The first kappa shape index (κ1) is 11.2. The molecule has 2 fully saturated rings. The molecule has 0 saturated carbocycles. The van der Waals surface area contributed by atoms with Gasteiger partial charge in [0, 0.05) is 5.53 Å². The van der Waals surface area contributed by atoms with Crippen LogP contribution in [0.4, 0.5) is 0 Å². The molecule has 0 aromatic rings. The molecule has 0 aromatic heterocycles. The summed E-state index contributed by atoms with van der Waals surface area (Å²) in [5.74, 6) is 0.717. The van der Waals surface area contributed by atoms with Gasteiger partial charge in [0.1, 0.15) is 0 Å². The summed E-state index contributed by atoms with van der Waals surface area (Å²) in [5, 5.41) is 3.81. The normalized spacial score (nSPS) is 21.5.